The second kappa shape index (κ2) is 6.07. The van der Waals surface area contributed by atoms with Crippen molar-refractivity contribution in [2.45, 2.75) is 38.6 Å². The van der Waals surface area contributed by atoms with Gasteiger partial charge in [0.05, 0.1) is 8.49 Å². The molecule has 1 saturated carbocycles. The lowest BCUT2D eigenvalue weighted by molar-refractivity contribution is -0.385. The molecule has 104 valence electrons. The summed E-state index contributed by atoms with van der Waals surface area (Å²) in [6, 6.07) is 5.94. The largest absolute Gasteiger partial charge is 0.372 e. The molecule has 1 fully saturated rings. The molecule has 0 aliphatic heterocycles. The van der Waals surface area contributed by atoms with Crippen LogP contribution in [0, 0.1) is 19.6 Å². The number of anilines is 1. The van der Waals surface area contributed by atoms with E-state index in [1.165, 1.54) is 25.7 Å². The summed E-state index contributed by atoms with van der Waals surface area (Å²) in [7, 11) is 2.10. The molecule has 1 aromatic carbocycles. The lowest BCUT2D eigenvalue weighted by atomic mass is 9.86. The summed E-state index contributed by atoms with van der Waals surface area (Å²) in [4.78, 5) is 12.8. The molecular formula is C14H19IN2O2. The standard InChI is InChI=1S/C14H19IN2O2/c1-10-4-3-5-11(8-10)16(2)12-6-7-14(17(18)19)13(15)9-12/h6-7,9-11H,3-5,8H2,1-2H3. The van der Waals surface area contributed by atoms with Gasteiger partial charge in [0.25, 0.3) is 5.69 Å². The van der Waals surface area contributed by atoms with Crippen molar-refractivity contribution in [3.8, 4) is 0 Å². The summed E-state index contributed by atoms with van der Waals surface area (Å²) in [5.41, 5.74) is 1.27. The van der Waals surface area contributed by atoms with E-state index in [4.69, 9.17) is 0 Å². The molecule has 1 aliphatic rings. The summed E-state index contributed by atoms with van der Waals surface area (Å²) in [6.07, 6.45) is 5.03. The van der Waals surface area contributed by atoms with Crippen molar-refractivity contribution in [1.29, 1.82) is 0 Å². The quantitative estimate of drug-likeness (QED) is 0.452. The van der Waals surface area contributed by atoms with Crippen molar-refractivity contribution in [3.63, 3.8) is 0 Å². The van der Waals surface area contributed by atoms with Gasteiger partial charge in [-0.25, -0.2) is 0 Å². The highest BCUT2D eigenvalue weighted by atomic mass is 127. The second-order valence-corrected chi connectivity index (χ2v) is 6.59. The first kappa shape index (κ1) is 14.6. The van der Waals surface area contributed by atoms with Crippen LogP contribution >= 0.6 is 22.6 Å². The number of nitrogens with zero attached hydrogens (tertiary/aromatic N) is 2. The average Bonchev–Trinajstić information content (AvgIpc) is 2.37. The average molecular weight is 374 g/mol. The molecule has 0 spiro atoms. The van der Waals surface area contributed by atoms with Gasteiger partial charge in [0.1, 0.15) is 0 Å². The van der Waals surface area contributed by atoms with Crippen LogP contribution in [0.1, 0.15) is 32.6 Å². The summed E-state index contributed by atoms with van der Waals surface area (Å²) in [6.45, 7) is 2.31. The Morgan fingerprint density at radius 1 is 1.42 bits per heavy atom. The summed E-state index contributed by atoms with van der Waals surface area (Å²) < 4.78 is 0.704. The van der Waals surface area contributed by atoms with Gasteiger partial charge < -0.3 is 4.90 Å². The fourth-order valence-corrected chi connectivity index (χ4v) is 3.52. The molecule has 0 amide bonds. The Hall–Kier alpha value is -0.850. The van der Waals surface area contributed by atoms with E-state index in [2.05, 4.69) is 18.9 Å². The zero-order valence-electron chi connectivity index (χ0n) is 11.3. The first-order valence-electron chi connectivity index (χ1n) is 6.66. The molecule has 2 rings (SSSR count). The zero-order chi connectivity index (χ0) is 14.0. The van der Waals surface area contributed by atoms with Gasteiger partial charge >= 0.3 is 0 Å². The Labute approximate surface area is 127 Å². The Morgan fingerprint density at radius 3 is 2.74 bits per heavy atom. The summed E-state index contributed by atoms with van der Waals surface area (Å²) in [5.74, 6) is 0.776. The molecule has 4 nitrogen and oxygen atoms in total. The molecule has 1 aliphatic carbocycles. The van der Waals surface area contributed by atoms with Crippen molar-refractivity contribution in [2.75, 3.05) is 11.9 Å². The number of rotatable bonds is 3. The van der Waals surface area contributed by atoms with E-state index in [1.807, 2.05) is 34.7 Å². The topological polar surface area (TPSA) is 46.4 Å². The Morgan fingerprint density at radius 2 is 2.16 bits per heavy atom. The van der Waals surface area contributed by atoms with Crippen molar-refractivity contribution in [2.24, 2.45) is 5.92 Å². The Balaban J connectivity index is 2.17. The molecule has 0 aromatic heterocycles. The van der Waals surface area contributed by atoms with E-state index in [0.717, 1.165) is 11.6 Å². The van der Waals surface area contributed by atoms with Crippen LogP contribution in [0.2, 0.25) is 0 Å². The third-order valence-electron chi connectivity index (χ3n) is 3.99. The SMILES string of the molecule is CC1CCCC(N(C)c2ccc([N+](=O)[O-])c(I)c2)C1. The minimum absolute atomic E-state index is 0.190. The van der Waals surface area contributed by atoms with Crippen LogP contribution in [-0.4, -0.2) is 18.0 Å². The predicted octanol–water partition coefficient (Wildman–Crippen LogP) is 4.21. The van der Waals surface area contributed by atoms with E-state index < -0.39 is 0 Å². The molecule has 0 N–H and O–H groups in total. The van der Waals surface area contributed by atoms with Crippen LogP contribution in [0.5, 0.6) is 0 Å². The van der Waals surface area contributed by atoms with Crippen LogP contribution in [0.3, 0.4) is 0 Å². The third-order valence-corrected chi connectivity index (χ3v) is 4.86. The van der Waals surface area contributed by atoms with E-state index in [1.54, 1.807) is 6.07 Å². The van der Waals surface area contributed by atoms with Crippen LogP contribution in [0.25, 0.3) is 0 Å². The highest BCUT2D eigenvalue weighted by molar-refractivity contribution is 14.1. The molecule has 0 saturated heterocycles. The minimum Gasteiger partial charge on any atom is -0.372 e. The molecule has 1 aromatic rings. The first-order valence-corrected chi connectivity index (χ1v) is 7.73. The number of nitro groups is 1. The van der Waals surface area contributed by atoms with Gasteiger partial charge in [-0.15, -0.1) is 0 Å². The maximum absolute atomic E-state index is 10.8. The summed E-state index contributed by atoms with van der Waals surface area (Å²) in [5, 5.41) is 10.8. The molecule has 0 bridgehead atoms. The van der Waals surface area contributed by atoms with E-state index in [-0.39, 0.29) is 10.6 Å². The number of hydrogen-bond acceptors (Lipinski definition) is 3. The van der Waals surface area contributed by atoms with Crippen molar-refractivity contribution in [3.05, 3.63) is 31.9 Å². The molecule has 0 heterocycles. The highest BCUT2D eigenvalue weighted by Gasteiger charge is 2.23. The van der Waals surface area contributed by atoms with Gasteiger partial charge in [0, 0.05) is 24.8 Å². The lowest BCUT2D eigenvalue weighted by Crippen LogP contribution is -2.35. The van der Waals surface area contributed by atoms with Crippen LogP contribution in [0.15, 0.2) is 18.2 Å². The van der Waals surface area contributed by atoms with Gasteiger partial charge in [0.2, 0.25) is 0 Å². The Kier molecular flexibility index (Phi) is 4.65. The van der Waals surface area contributed by atoms with E-state index in [9.17, 15) is 10.1 Å². The number of benzene rings is 1. The fourth-order valence-electron chi connectivity index (χ4n) is 2.83. The number of nitro benzene ring substituents is 1. The third kappa shape index (κ3) is 3.38. The smallest absolute Gasteiger partial charge is 0.282 e. The summed E-state index contributed by atoms with van der Waals surface area (Å²) >= 11 is 2.04. The Bertz CT molecular complexity index is 479. The molecule has 0 radical (unpaired) electrons. The van der Waals surface area contributed by atoms with Gasteiger partial charge in [-0.1, -0.05) is 19.8 Å². The zero-order valence-corrected chi connectivity index (χ0v) is 13.5. The maximum Gasteiger partial charge on any atom is 0.282 e. The van der Waals surface area contributed by atoms with Gasteiger partial charge in [-0.3, -0.25) is 10.1 Å². The van der Waals surface area contributed by atoms with Gasteiger partial charge in [-0.2, -0.15) is 0 Å². The van der Waals surface area contributed by atoms with Crippen LogP contribution < -0.4 is 4.90 Å². The second-order valence-electron chi connectivity index (χ2n) is 5.43. The monoisotopic (exact) mass is 374 g/mol. The minimum atomic E-state index is -0.325. The molecule has 5 heteroatoms. The van der Waals surface area contributed by atoms with Crippen molar-refractivity contribution < 1.29 is 4.92 Å². The van der Waals surface area contributed by atoms with E-state index >= 15 is 0 Å². The van der Waals surface area contributed by atoms with Crippen LogP contribution in [0.4, 0.5) is 11.4 Å². The maximum atomic E-state index is 10.8. The molecule has 19 heavy (non-hydrogen) atoms. The van der Waals surface area contributed by atoms with Crippen molar-refractivity contribution in [1.82, 2.24) is 0 Å². The predicted molar refractivity (Wildman–Crippen MR) is 85.6 cm³/mol. The number of hydrogen-bond donors (Lipinski definition) is 0. The molecule has 2 atom stereocenters. The normalized spacial score (nSPS) is 23.1. The molecule has 2 unspecified atom stereocenters. The van der Waals surface area contributed by atoms with Crippen LogP contribution in [-0.2, 0) is 0 Å². The first-order chi connectivity index (χ1) is 8.99. The number of halogens is 1. The van der Waals surface area contributed by atoms with Gasteiger partial charge in [-0.05, 0) is 53.5 Å². The molecular weight excluding hydrogens is 355 g/mol. The van der Waals surface area contributed by atoms with E-state index in [0.29, 0.717) is 9.61 Å². The van der Waals surface area contributed by atoms with Gasteiger partial charge in [0.15, 0.2) is 0 Å². The van der Waals surface area contributed by atoms with Crippen molar-refractivity contribution >= 4 is 34.0 Å². The fraction of sp³-hybridized carbons (Fsp3) is 0.571. The lowest BCUT2D eigenvalue weighted by Gasteiger charge is -2.35. The highest BCUT2D eigenvalue weighted by Crippen LogP contribution is 2.32.